The van der Waals surface area contributed by atoms with Gasteiger partial charge in [-0.1, -0.05) is 36.2 Å². The van der Waals surface area contributed by atoms with Crippen LogP contribution in [0.5, 0.6) is 0 Å². The van der Waals surface area contributed by atoms with Crippen LogP contribution in [-0.2, 0) is 19.7 Å². The minimum Gasteiger partial charge on any atom is -0.370 e. The monoisotopic (exact) mass is 421 g/mol. The summed E-state index contributed by atoms with van der Waals surface area (Å²) >= 11 is 0. The minimum absolute atomic E-state index is 0.0200. The zero-order valence-corrected chi connectivity index (χ0v) is 18.3. The van der Waals surface area contributed by atoms with Crippen LogP contribution in [0.4, 0.5) is 5.69 Å². The molecule has 0 radical (unpaired) electrons. The van der Waals surface area contributed by atoms with Gasteiger partial charge in [-0.05, 0) is 43.5 Å². The van der Waals surface area contributed by atoms with Gasteiger partial charge in [0.2, 0.25) is 0 Å². The Hall–Kier alpha value is -1.86. The van der Waals surface area contributed by atoms with Gasteiger partial charge in [-0.15, -0.1) is 0 Å². The lowest BCUT2D eigenvalue weighted by atomic mass is 9.92. The average molecular weight is 422 g/mol. The van der Waals surface area contributed by atoms with Gasteiger partial charge in [0.15, 0.2) is 19.7 Å². The number of hydrogen-bond acceptors (Lipinski definition) is 5. The van der Waals surface area contributed by atoms with E-state index in [1.54, 1.807) is 6.07 Å². The first-order valence-corrected chi connectivity index (χ1v) is 13.1. The van der Waals surface area contributed by atoms with Crippen LogP contribution in [0, 0.1) is 6.92 Å². The maximum atomic E-state index is 12.4. The molecule has 2 aromatic rings. The predicted molar refractivity (Wildman–Crippen MR) is 113 cm³/mol. The molecule has 0 N–H and O–H groups in total. The number of hydrogen-bond donors (Lipinski definition) is 0. The summed E-state index contributed by atoms with van der Waals surface area (Å²) in [6.07, 6.45) is 5.29. The summed E-state index contributed by atoms with van der Waals surface area (Å²) < 4.78 is 48.7. The third-order valence-electron chi connectivity index (χ3n) is 5.62. The molecule has 0 aromatic heterocycles. The van der Waals surface area contributed by atoms with Gasteiger partial charge < -0.3 is 4.90 Å². The first-order valence-electron chi connectivity index (χ1n) is 9.32. The number of aryl methyl sites for hydroxylation is 1. The lowest BCUT2D eigenvalue weighted by Gasteiger charge is -2.33. The van der Waals surface area contributed by atoms with E-state index in [1.165, 1.54) is 23.3 Å². The number of nitrogens with zero attached hydrogens (tertiary/aromatic N) is 1. The first kappa shape index (κ1) is 20.9. The van der Waals surface area contributed by atoms with Crippen LogP contribution in [0.2, 0.25) is 0 Å². The van der Waals surface area contributed by atoms with Crippen molar-refractivity contribution in [3.8, 4) is 0 Å². The summed E-state index contributed by atoms with van der Waals surface area (Å²) in [5.74, 6) is 0.313. The summed E-state index contributed by atoms with van der Waals surface area (Å²) in [7, 11) is -5.17. The Labute approximate surface area is 168 Å². The maximum absolute atomic E-state index is 12.4. The van der Waals surface area contributed by atoms with Gasteiger partial charge in [-0.25, -0.2) is 16.8 Å². The Kier molecular flexibility index (Phi) is 5.60. The molecule has 2 aromatic carbocycles. The molecule has 1 fully saturated rings. The molecule has 2 atom stereocenters. The summed E-state index contributed by atoms with van der Waals surface area (Å²) in [4.78, 5) is 2.10. The molecule has 1 aliphatic carbocycles. The fraction of sp³-hybridized carbons (Fsp3) is 0.429. The van der Waals surface area contributed by atoms with Crippen LogP contribution in [0.15, 0.2) is 52.3 Å². The summed E-state index contributed by atoms with van der Waals surface area (Å²) in [5, 5.41) is 0. The fourth-order valence-corrected chi connectivity index (χ4v) is 5.75. The molecule has 0 aliphatic heterocycles. The third kappa shape index (κ3) is 4.25. The van der Waals surface area contributed by atoms with E-state index in [-0.39, 0.29) is 15.8 Å². The molecule has 0 spiro atoms. The van der Waals surface area contributed by atoms with Crippen LogP contribution in [0.3, 0.4) is 0 Å². The van der Waals surface area contributed by atoms with Gasteiger partial charge >= 0.3 is 0 Å². The van der Waals surface area contributed by atoms with E-state index in [4.69, 9.17) is 0 Å². The fourth-order valence-electron chi connectivity index (χ4n) is 4.10. The van der Waals surface area contributed by atoms with Crippen molar-refractivity contribution in [3.63, 3.8) is 0 Å². The second kappa shape index (κ2) is 7.52. The van der Waals surface area contributed by atoms with Crippen molar-refractivity contribution in [2.75, 3.05) is 24.5 Å². The molecule has 152 valence electrons. The number of likely N-dealkylation sites (N-methyl/N-ethyl adjacent to an activating group) is 1. The van der Waals surface area contributed by atoms with Crippen molar-refractivity contribution in [3.05, 3.63) is 53.6 Å². The van der Waals surface area contributed by atoms with E-state index < -0.39 is 19.7 Å². The van der Waals surface area contributed by atoms with Crippen LogP contribution < -0.4 is 4.90 Å². The lowest BCUT2D eigenvalue weighted by molar-refractivity contribution is 0.573. The second-order valence-electron chi connectivity index (χ2n) is 7.80. The van der Waals surface area contributed by atoms with Crippen molar-refractivity contribution >= 4 is 25.4 Å². The lowest BCUT2D eigenvalue weighted by Crippen LogP contribution is -2.34. The Morgan fingerprint density at radius 1 is 0.893 bits per heavy atom. The Morgan fingerprint density at radius 3 is 2.11 bits per heavy atom. The van der Waals surface area contributed by atoms with Crippen molar-refractivity contribution in [1.82, 2.24) is 0 Å². The molecule has 0 unspecified atom stereocenters. The highest BCUT2D eigenvalue weighted by Gasteiger charge is 2.33. The summed E-state index contributed by atoms with van der Waals surface area (Å²) in [6, 6.07) is 13.1. The Balaban J connectivity index is 2.03. The topological polar surface area (TPSA) is 71.5 Å². The van der Waals surface area contributed by atoms with Gasteiger partial charge in [0.1, 0.15) is 0 Å². The van der Waals surface area contributed by atoms with Gasteiger partial charge in [0, 0.05) is 31.5 Å². The van der Waals surface area contributed by atoms with Crippen molar-refractivity contribution in [1.29, 1.82) is 0 Å². The molecule has 0 amide bonds. The average Bonchev–Trinajstić information content (AvgIpc) is 3.09. The second-order valence-corrected chi connectivity index (χ2v) is 11.8. The van der Waals surface area contributed by atoms with Crippen LogP contribution in [-0.4, -0.2) is 42.4 Å². The molecule has 1 saturated carbocycles. The smallest absolute Gasteiger partial charge is 0.177 e. The normalized spacial score (nSPS) is 20.3. The molecule has 5 nitrogen and oxygen atoms in total. The molecule has 0 bridgehead atoms. The summed E-state index contributed by atoms with van der Waals surface area (Å²) in [6.45, 7) is 2.06. The van der Waals surface area contributed by atoms with Gasteiger partial charge in [-0.2, -0.15) is 0 Å². The van der Waals surface area contributed by atoms with E-state index in [0.717, 1.165) is 31.8 Å². The first-order chi connectivity index (χ1) is 13.0. The Bertz CT molecular complexity index is 1070. The molecule has 0 saturated heterocycles. The SMILES string of the molecule is Cc1ccc([C@H]2CCC[C@H]2N(C)c2ccc(S(C)(=O)=O)cc2S(C)(=O)=O)cc1. The van der Waals surface area contributed by atoms with Gasteiger partial charge in [0.25, 0.3) is 0 Å². The molecule has 0 heterocycles. The molecular formula is C21H27NO4S2. The standard InChI is InChI=1S/C21H27NO4S2/c1-15-8-10-16(11-9-15)18-6-5-7-19(18)22(2)20-13-12-17(27(3,23)24)14-21(20)28(4,25)26/h8-14,18-19H,5-7H2,1-4H3/t18-,19-/m1/s1. The van der Waals surface area contributed by atoms with E-state index in [0.29, 0.717) is 11.6 Å². The summed E-state index contributed by atoms with van der Waals surface area (Å²) in [5.41, 5.74) is 3.02. The molecule has 1 aliphatic rings. The van der Waals surface area contributed by atoms with Gasteiger partial charge in [-0.3, -0.25) is 0 Å². The molecular weight excluding hydrogens is 394 g/mol. The van der Waals surface area contributed by atoms with E-state index in [9.17, 15) is 16.8 Å². The van der Waals surface area contributed by atoms with Crippen molar-refractivity contribution in [2.24, 2.45) is 0 Å². The van der Waals surface area contributed by atoms with Crippen LogP contribution in [0.1, 0.15) is 36.3 Å². The van der Waals surface area contributed by atoms with Crippen molar-refractivity contribution in [2.45, 2.75) is 47.9 Å². The number of sulfone groups is 2. The van der Waals surface area contributed by atoms with E-state index in [1.807, 2.05) is 11.9 Å². The predicted octanol–water partition coefficient (Wildman–Crippen LogP) is 3.57. The van der Waals surface area contributed by atoms with Crippen LogP contribution in [0.25, 0.3) is 0 Å². The highest BCUT2D eigenvalue weighted by atomic mass is 32.2. The number of benzene rings is 2. The Morgan fingerprint density at radius 2 is 1.54 bits per heavy atom. The van der Waals surface area contributed by atoms with E-state index in [2.05, 4.69) is 31.2 Å². The zero-order chi connectivity index (χ0) is 20.7. The highest BCUT2D eigenvalue weighted by molar-refractivity contribution is 7.91. The highest BCUT2D eigenvalue weighted by Crippen LogP contribution is 2.40. The van der Waals surface area contributed by atoms with Gasteiger partial charge in [0.05, 0.1) is 15.5 Å². The molecule has 7 heteroatoms. The minimum atomic E-state index is -3.58. The molecule has 3 rings (SSSR count). The van der Waals surface area contributed by atoms with E-state index >= 15 is 0 Å². The molecule has 28 heavy (non-hydrogen) atoms. The quantitative estimate of drug-likeness (QED) is 0.738. The third-order valence-corrected chi connectivity index (χ3v) is 7.86. The number of rotatable bonds is 5. The number of anilines is 1. The maximum Gasteiger partial charge on any atom is 0.177 e. The zero-order valence-electron chi connectivity index (χ0n) is 16.7. The van der Waals surface area contributed by atoms with Crippen molar-refractivity contribution < 1.29 is 16.8 Å². The van der Waals surface area contributed by atoms with Crippen LogP contribution >= 0.6 is 0 Å². The largest absolute Gasteiger partial charge is 0.370 e.